The van der Waals surface area contributed by atoms with Gasteiger partial charge in [-0.05, 0) is 48.2 Å². The average Bonchev–Trinajstić information content (AvgIpc) is 3.47. The third-order valence-electron chi connectivity index (χ3n) is 5.37. The highest BCUT2D eigenvalue weighted by atomic mass is 32.2. The molecule has 1 N–H and O–H groups in total. The minimum Gasteiger partial charge on any atom is -0.344 e. The van der Waals surface area contributed by atoms with E-state index in [0.717, 1.165) is 16.0 Å². The van der Waals surface area contributed by atoms with Crippen LogP contribution >= 0.6 is 22.7 Å². The van der Waals surface area contributed by atoms with Crippen molar-refractivity contribution in [2.45, 2.75) is 30.0 Å². The summed E-state index contributed by atoms with van der Waals surface area (Å²) >= 11 is 2.81. The summed E-state index contributed by atoms with van der Waals surface area (Å²) in [6, 6.07) is 15.3. The van der Waals surface area contributed by atoms with Crippen LogP contribution < -0.4 is 5.32 Å². The first kappa shape index (κ1) is 21.2. The summed E-state index contributed by atoms with van der Waals surface area (Å²) in [4.78, 5) is 14.2. The Morgan fingerprint density at radius 1 is 1.10 bits per heavy atom. The number of aryl methyl sites for hydroxylation is 1. The second kappa shape index (κ2) is 9.01. The fourth-order valence-corrected chi connectivity index (χ4v) is 7.18. The van der Waals surface area contributed by atoms with Crippen molar-refractivity contribution < 1.29 is 13.2 Å². The minimum absolute atomic E-state index is 0.0972. The molecule has 0 bridgehead atoms. The lowest BCUT2D eigenvalue weighted by molar-refractivity contribution is -0.126. The Morgan fingerprint density at radius 2 is 1.83 bits per heavy atom. The van der Waals surface area contributed by atoms with E-state index in [4.69, 9.17) is 0 Å². The molecule has 8 heteroatoms. The Balaban J connectivity index is 1.52. The first-order valence-electron chi connectivity index (χ1n) is 9.89. The van der Waals surface area contributed by atoms with E-state index < -0.39 is 10.0 Å². The molecule has 0 aliphatic carbocycles. The van der Waals surface area contributed by atoms with Crippen LogP contribution in [-0.4, -0.2) is 31.7 Å². The van der Waals surface area contributed by atoms with Crippen molar-refractivity contribution in [3.8, 4) is 0 Å². The van der Waals surface area contributed by atoms with Crippen molar-refractivity contribution in [2.75, 3.05) is 13.1 Å². The van der Waals surface area contributed by atoms with Crippen LogP contribution in [0.25, 0.3) is 0 Å². The van der Waals surface area contributed by atoms with Gasteiger partial charge in [-0.15, -0.1) is 22.7 Å². The maximum Gasteiger partial charge on any atom is 0.252 e. The van der Waals surface area contributed by atoms with Crippen molar-refractivity contribution in [2.24, 2.45) is 5.92 Å². The number of thiophene rings is 2. The quantitative estimate of drug-likeness (QED) is 0.592. The van der Waals surface area contributed by atoms with E-state index in [0.29, 0.717) is 23.6 Å². The smallest absolute Gasteiger partial charge is 0.252 e. The van der Waals surface area contributed by atoms with Gasteiger partial charge in [0.15, 0.2) is 0 Å². The number of hydrogen-bond acceptors (Lipinski definition) is 5. The van der Waals surface area contributed by atoms with Crippen LogP contribution in [0.1, 0.15) is 34.9 Å². The Labute approximate surface area is 185 Å². The first-order valence-corrected chi connectivity index (χ1v) is 13.1. The summed E-state index contributed by atoms with van der Waals surface area (Å²) in [5.41, 5.74) is 2.19. The third kappa shape index (κ3) is 4.51. The summed E-state index contributed by atoms with van der Waals surface area (Å²) in [7, 11) is -3.54. The van der Waals surface area contributed by atoms with Gasteiger partial charge in [0, 0.05) is 18.0 Å². The van der Waals surface area contributed by atoms with E-state index in [9.17, 15) is 13.2 Å². The highest BCUT2D eigenvalue weighted by Crippen LogP contribution is 2.29. The van der Waals surface area contributed by atoms with Gasteiger partial charge >= 0.3 is 0 Å². The van der Waals surface area contributed by atoms with Gasteiger partial charge in [-0.1, -0.05) is 42.0 Å². The molecule has 1 aliphatic heterocycles. The van der Waals surface area contributed by atoms with Crippen LogP contribution in [0.5, 0.6) is 0 Å². The summed E-state index contributed by atoms with van der Waals surface area (Å²) in [6.07, 6.45) is 1.37. The first-order chi connectivity index (χ1) is 14.4. The molecule has 0 spiro atoms. The van der Waals surface area contributed by atoms with Crippen LogP contribution in [0.15, 0.2) is 63.5 Å². The summed E-state index contributed by atoms with van der Waals surface area (Å²) in [5.74, 6) is -0.457. The van der Waals surface area contributed by atoms with Gasteiger partial charge in [-0.25, -0.2) is 8.42 Å². The van der Waals surface area contributed by atoms with Gasteiger partial charge in [0.25, 0.3) is 10.0 Å². The molecule has 3 aromatic rings. The number of sulfonamides is 1. The van der Waals surface area contributed by atoms with Gasteiger partial charge < -0.3 is 5.32 Å². The predicted octanol–water partition coefficient (Wildman–Crippen LogP) is 4.42. The van der Waals surface area contributed by atoms with Crippen LogP contribution in [-0.2, 0) is 14.8 Å². The summed E-state index contributed by atoms with van der Waals surface area (Å²) < 4.78 is 27.6. The van der Waals surface area contributed by atoms with Gasteiger partial charge in [0.05, 0.1) is 12.0 Å². The number of hydrogen-bond donors (Lipinski definition) is 1. The Kier molecular flexibility index (Phi) is 6.38. The number of amides is 1. The molecule has 0 radical (unpaired) electrons. The normalized spacial score (nSPS) is 18.8. The number of piperidine rings is 1. The Bertz CT molecular complexity index is 1080. The molecule has 1 aromatic carbocycles. The molecule has 2 unspecified atom stereocenters. The molecule has 1 saturated heterocycles. The van der Waals surface area contributed by atoms with Crippen LogP contribution in [0, 0.1) is 12.8 Å². The van der Waals surface area contributed by atoms with Gasteiger partial charge in [0.1, 0.15) is 4.21 Å². The molecule has 30 heavy (non-hydrogen) atoms. The van der Waals surface area contributed by atoms with Gasteiger partial charge in [-0.2, -0.15) is 4.31 Å². The van der Waals surface area contributed by atoms with Crippen LogP contribution in [0.3, 0.4) is 0 Å². The van der Waals surface area contributed by atoms with E-state index in [1.54, 1.807) is 28.8 Å². The molecule has 4 rings (SSSR count). The molecule has 1 amide bonds. The summed E-state index contributed by atoms with van der Waals surface area (Å²) in [6.45, 7) is 2.71. The molecule has 2 aromatic heterocycles. The van der Waals surface area contributed by atoms with Gasteiger partial charge in [-0.3, -0.25) is 4.79 Å². The van der Waals surface area contributed by atoms with Crippen molar-refractivity contribution in [3.63, 3.8) is 0 Å². The number of benzene rings is 1. The monoisotopic (exact) mass is 460 g/mol. The second-order valence-electron chi connectivity index (χ2n) is 7.50. The number of carbonyl (C=O) groups is 1. The van der Waals surface area contributed by atoms with Crippen molar-refractivity contribution in [1.82, 2.24) is 9.62 Å². The van der Waals surface area contributed by atoms with E-state index in [2.05, 4.69) is 5.32 Å². The lowest BCUT2D eigenvalue weighted by atomic mass is 9.97. The zero-order valence-electron chi connectivity index (χ0n) is 16.7. The lowest BCUT2D eigenvalue weighted by Gasteiger charge is -2.31. The van der Waals surface area contributed by atoms with E-state index in [1.165, 1.54) is 15.6 Å². The maximum atomic E-state index is 13.2. The van der Waals surface area contributed by atoms with E-state index in [1.807, 2.05) is 48.7 Å². The topological polar surface area (TPSA) is 66.5 Å². The number of nitrogens with zero attached hydrogens (tertiary/aromatic N) is 1. The molecule has 158 valence electrons. The fraction of sp³-hybridized carbons (Fsp3) is 0.318. The third-order valence-corrected chi connectivity index (χ3v) is 9.54. The molecule has 1 fully saturated rings. The Hall–Kier alpha value is -2.00. The number of rotatable bonds is 6. The standard InChI is InChI=1S/C22H24N2O3S3/c1-16-8-10-17(11-9-16)21(19-6-3-13-28-19)23-22(25)18-5-2-12-24(15-18)30(26,27)20-7-4-14-29-20/h3-4,6-11,13-14,18,21H,2,5,12,15H2,1H3,(H,23,25). The summed E-state index contributed by atoms with van der Waals surface area (Å²) in [5, 5.41) is 6.94. The minimum atomic E-state index is -3.54. The highest BCUT2D eigenvalue weighted by Gasteiger charge is 2.34. The van der Waals surface area contributed by atoms with E-state index >= 15 is 0 Å². The largest absolute Gasteiger partial charge is 0.344 e. The predicted molar refractivity (Wildman–Crippen MR) is 121 cm³/mol. The highest BCUT2D eigenvalue weighted by molar-refractivity contribution is 7.91. The van der Waals surface area contributed by atoms with Crippen molar-refractivity contribution in [1.29, 1.82) is 0 Å². The molecule has 1 aliphatic rings. The SMILES string of the molecule is Cc1ccc(C(NC(=O)C2CCCN(S(=O)(=O)c3cccs3)C2)c2cccs2)cc1. The van der Waals surface area contributed by atoms with Crippen molar-refractivity contribution >= 4 is 38.6 Å². The fourth-order valence-electron chi connectivity index (χ4n) is 3.71. The van der Waals surface area contributed by atoms with Crippen LogP contribution in [0.4, 0.5) is 0 Å². The van der Waals surface area contributed by atoms with Gasteiger partial charge in [0.2, 0.25) is 5.91 Å². The zero-order chi connectivity index (χ0) is 21.1. The molecule has 0 saturated carbocycles. The van der Waals surface area contributed by atoms with Crippen LogP contribution in [0.2, 0.25) is 0 Å². The van der Waals surface area contributed by atoms with E-state index in [-0.39, 0.29) is 24.4 Å². The average molecular weight is 461 g/mol. The molecule has 2 atom stereocenters. The molecule has 3 heterocycles. The number of nitrogens with one attached hydrogen (secondary N) is 1. The Morgan fingerprint density at radius 3 is 2.50 bits per heavy atom. The second-order valence-corrected chi connectivity index (χ2v) is 11.6. The molecular formula is C22H24N2O3S3. The number of carbonyl (C=O) groups excluding carboxylic acids is 1. The zero-order valence-corrected chi connectivity index (χ0v) is 19.1. The lowest BCUT2D eigenvalue weighted by Crippen LogP contribution is -2.46. The maximum absolute atomic E-state index is 13.2. The van der Waals surface area contributed by atoms with Crippen molar-refractivity contribution in [3.05, 3.63) is 75.3 Å². The molecular weight excluding hydrogens is 436 g/mol. The molecule has 5 nitrogen and oxygen atoms in total.